The summed E-state index contributed by atoms with van der Waals surface area (Å²) in [7, 11) is 1.63. The Hall–Kier alpha value is -1.71. The van der Waals surface area contributed by atoms with Gasteiger partial charge in [0.15, 0.2) is 0 Å². The zero-order valence-corrected chi connectivity index (χ0v) is 10.9. The number of carboxylic acids is 1. The molecule has 0 fully saturated rings. The summed E-state index contributed by atoms with van der Waals surface area (Å²) in [5.41, 5.74) is 0.256. The Balaban J connectivity index is 2.13. The lowest BCUT2D eigenvalue weighted by molar-refractivity contribution is -0.148. The minimum Gasteiger partial charge on any atom is -0.496 e. The van der Waals surface area contributed by atoms with Crippen LogP contribution in [-0.2, 0) is 11.2 Å². The number of carbonyl (C=O) groups is 1. The molecule has 18 heavy (non-hydrogen) atoms. The quantitative estimate of drug-likeness (QED) is 0.892. The molecule has 0 radical (unpaired) electrons. The first kappa shape index (κ1) is 12.7. The van der Waals surface area contributed by atoms with Gasteiger partial charge in [0.1, 0.15) is 17.6 Å². The lowest BCUT2D eigenvalue weighted by atomic mass is 9.86. The van der Waals surface area contributed by atoms with E-state index in [1.54, 1.807) is 21.0 Å². The monoisotopic (exact) mass is 250 g/mol. The third-order valence-electron chi connectivity index (χ3n) is 3.35. The van der Waals surface area contributed by atoms with Crippen molar-refractivity contribution in [2.45, 2.75) is 32.8 Å². The van der Waals surface area contributed by atoms with Gasteiger partial charge in [0, 0.05) is 18.4 Å². The molecule has 4 nitrogen and oxygen atoms in total. The molecule has 1 aromatic rings. The molecule has 1 heterocycles. The summed E-state index contributed by atoms with van der Waals surface area (Å²) in [4.78, 5) is 11.1. The summed E-state index contributed by atoms with van der Waals surface area (Å²) in [6.45, 7) is 3.44. The van der Waals surface area contributed by atoms with Crippen LogP contribution in [0, 0.1) is 5.41 Å². The fraction of sp³-hybridized carbons (Fsp3) is 0.500. The Bertz CT molecular complexity index is 465. The van der Waals surface area contributed by atoms with E-state index >= 15 is 0 Å². The van der Waals surface area contributed by atoms with Crippen molar-refractivity contribution in [3.8, 4) is 11.5 Å². The molecule has 1 atom stereocenters. The molecule has 0 aliphatic carbocycles. The van der Waals surface area contributed by atoms with Crippen LogP contribution in [0.4, 0.5) is 0 Å². The lowest BCUT2D eigenvalue weighted by Crippen LogP contribution is -2.30. The van der Waals surface area contributed by atoms with Gasteiger partial charge < -0.3 is 14.6 Å². The van der Waals surface area contributed by atoms with Gasteiger partial charge in [0.25, 0.3) is 0 Å². The average Bonchev–Trinajstić information content (AvgIpc) is 2.69. The molecule has 2 rings (SSSR count). The van der Waals surface area contributed by atoms with Crippen LogP contribution in [0.25, 0.3) is 0 Å². The fourth-order valence-electron chi connectivity index (χ4n) is 2.27. The summed E-state index contributed by atoms with van der Waals surface area (Å²) < 4.78 is 11.1. The summed E-state index contributed by atoms with van der Waals surface area (Å²) in [5, 5.41) is 9.14. The number of rotatable bonds is 4. The molecule has 0 bridgehead atoms. The van der Waals surface area contributed by atoms with Gasteiger partial charge in [-0.1, -0.05) is 6.07 Å². The van der Waals surface area contributed by atoms with Gasteiger partial charge in [0.2, 0.25) is 0 Å². The fourth-order valence-corrected chi connectivity index (χ4v) is 2.27. The van der Waals surface area contributed by atoms with Crippen LogP contribution in [0.15, 0.2) is 18.2 Å². The van der Waals surface area contributed by atoms with E-state index in [2.05, 4.69) is 0 Å². The Labute approximate surface area is 107 Å². The number of ether oxygens (including phenoxy) is 2. The zero-order valence-electron chi connectivity index (χ0n) is 10.9. The van der Waals surface area contributed by atoms with E-state index in [9.17, 15) is 4.79 Å². The molecule has 0 saturated carbocycles. The van der Waals surface area contributed by atoms with Gasteiger partial charge in [-0.15, -0.1) is 0 Å². The van der Waals surface area contributed by atoms with E-state index in [0.29, 0.717) is 12.8 Å². The van der Waals surface area contributed by atoms with Crippen molar-refractivity contribution in [2.75, 3.05) is 7.11 Å². The maximum Gasteiger partial charge on any atom is 0.309 e. The minimum atomic E-state index is -0.797. The van der Waals surface area contributed by atoms with Crippen molar-refractivity contribution >= 4 is 5.97 Å². The number of methoxy groups -OCH3 is 1. The largest absolute Gasteiger partial charge is 0.496 e. The predicted molar refractivity (Wildman–Crippen MR) is 67.1 cm³/mol. The second kappa shape index (κ2) is 4.52. The van der Waals surface area contributed by atoms with E-state index in [1.807, 2.05) is 18.2 Å². The smallest absolute Gasteiger partial charge is 0.309 e. The Morgan fingerprint density at radius 2 is 2.28 bits per heavy atom. The number of hydrogen-bond acceptors (Lipinski definition) is 3. The predicted octanol–water partition coefficient (Wildman–Crippen LogP) is 2.50. The Morgan fingerprint density at radius 3 is 2.89 bits per heavy atom. The van der Waals surface area contributed by atoms with E-state index in [0.717, 1.165) is 17.1 Å². The molecule has 1 N–H and O–H groups in total. The van der Waals surface area contributed by atoms with Crippen LogP contribution >= 0.6 is 0 Å². The van der Waals surface area contributed by atoms with Crippen molar-refractivity contribution in [1.82, 2.24) is 0 Å². The highest BCUT2D eigenvalue weighted by molar-refractivity contribution is 5.73. The SMILES string of the molecule is COc1cccc2c1CC(CC(C)(C)C(=O)O)O2. The molecule has 1 unspecified atom stereocenters. The summed E-state index contributed by atoms with van der Waals surface area (Å²) in [6, 6.07) is 5.67. The van der Waals surface area contributed by atoms with Crippen LogP contribution < -0.4 is 9.47 Å². The third-order valence-corrected chi connectivity index (χ3v) is 3.35. The zero-order chi connectivity index (χ0) is 13.3. The van der Waals surface area contributed by atoms with Crippen molar-refractivity contribution in [1.29, 1.82) is 0 Å². The van der Waals surface area contributed by atoms with Gasteiger partial charge in [-0.25, -0.2) is 0 Å². The van der Waals surface area contributed by atoms with Gasteiger partial charge in [-0.05, 0) is 26.0 Å². The highest BCUT2D eigenvalue weighted by Crippen LogP contribution is 2.39. The topological polar surface area (TPSA) is 55.8 Å². The maximum atomic E-state index is 11.1. The first-order chi connectivity index (χ1) is 8.44. The number of hydrogen-bond donors (Lipinski definition) is 1. The Kier molecular flexibility index (Phi) is 3.20. The molecule has 0 saturated heterocycles. The van der Waals surface area contributed by atoms with E-state index in [-0.39, 0.29) is 6.10 Å². The first-order valence-corrected chi connectivity index (χ1v) is 6.00. The van der Waals surface area contributed by atoms with Gasteiger partial charge in [-0.2, -0.15) is 0 Å². The van der Waals surface area contributed by atoms with Crippen molar-refractivity contribution in [3.63, 3.8) is 0 Å². The summed E-state index contributed by atoms with van der Waals surface area (Å²) in [6.07, 6.45) is 1.10. The lowest BCUT2D eigenvalue weighted by Gasteiger charge is -2.22. The summed E-state index contributed by atoms with van der Waals surface area (Å²) in [5.74, 6) is 0.817. The molecule has 4 heteroatoms. The Morgan fingerprint density at radius 1 is 1.56 bits per heavy atom. The molecule has 0 spiro atoms. The molecule has 1 aliphatic rings. The number of aliphatic carboxylic acids is 1. The number of fused-ring (bicyclic) bond motifs is 1. The van der Waals surface area contributed by atoms with Crippen LogP contribution in [0.5, 0.6) is 11.5 Å². The van der Waals surface area contributed by atoms with Gasteiger partial charge >= 0.3 is 5.97 Å². The molecular formula is C14H18O4. The molecular weight excluding hydrogens is 232 g/mol. The normalized spacial score (nSPS) is 18.1. The van der Waals surface area contributed by atoms with Crippen molar-refractivity contribution < 1.29 is 19.4 Å². The van der Waals surface area contributed by atoms with Crippen LogP contribution in [0.3, 0.4) is 0 Å². The van der Waals surface area contributed by atoms with Crippen LogP contribution in [0.1, 0.15) is 25.8 Å². The van der Waals surface area contributed by atoms with E-state index in [1.165, 1.54) is 0 Å². The highest BCUT2D eigenvalue weighted by Gasteiger charge is 2.35. The number of benzene rings is 1. The van der Waals surface area contributed by atoms with Crippen LogP contribution in [-0.4, -0.2) is 24.3 Å². The van der Waals surface area contributed by atoms with Crippen LogP contribution in [0.2, 0.25) is 0 Å². The highest BCUT2D eigenvalue weighted by atomic mass is 16.5. The van der Waals surface area contributed by atoms with Gasteiger partial charge in [-0.3, -0.25) is 4.79 Å². The van der Waals surface area contributed by atoms with E-state index < -0.39 is 11.4 Å². The molecule has 98 valence electrons. The third kappa shape index (κ3) is 2.28. The van der Waals surface area contributed by atoms with Gasteiger partial charge in [0.05, 0.1) is 12.5 Å². The molecule has 1 aromatic carbocycles. The van der Waals surface area contributed by atoms with Crippen molar-refractivity contribution in [3.05, 3.63) is 23.8 Å². The van der Waals surface area contributed by atoms with Crippen molar-refractivity contribution in [2.24, 2.45) is 5.41 Å². The second-order valence-corrected chi connectivity index (χ2v) is 5.27. The molecule has 0 aromatic heterocycles. The summed E-state index contributed by atoms with van der Waals surface area (Å²) >= 11 is 0. The molecule has 0 amide bonds. The number of carboxylic acid groups (broad SMARTS) is 1. The second-order valence-electron chi connectivity index (χ2n) is 5.27. The maximum absolute atomic E-state index is 11.1. The van der Waals surface area contributed by atoms with E-state index in [4.69, 9.17) is 14.6 Å². The minimum absolute atomic E-state index is 0.0950. The molecule has 1 aliphatic heterocycles. The average molecular weight is 250 g/mol. The standard InChI is InChI=1S/C14H18O4/c1-14(2,13(15)16)8-9-7-10-11(17-3)5-4-6-12(10)18-9/h4-6,9H,7-8H2,1-3H3,(H,15,16). The first-order valence-electron chi connectivity index (χ1n) is 6.00.